The largest absolute Gasteiger partial charge is 0.495 e. The molecule has 0 atom stereocenters. The van der Waals surface area contributed by atoms with Crippen molar-refractivity contribution in [2.75, 3.05) is 36.2 Å². The summed E-state index contributed by atoms with van der Waals surface area (Å²) in [6, 6.07) is 11.1. The molecule has 0 saturated heterocycles. The maximum Gasteiger partial charge on any atom is 0.255 e. The van der Waals surface area contributed by atoms with Gasteiger partial charge >= 0.3 is 0 Å². The van der Waals surface area contributed by atoms with Gasteiger partial charge in [-0.2, -0.15) is 0 Å². The number of halogens is 1. The summed E-state index contributed by atoms with van der Waals surface area (Å²) in [5.74, 6) is 1.52. The highest BCUT2D eigenvalue weighted by atomic mass is 35.5. The smallest absolute Gasteiger partial charge is 0.255 e. The first-order chi connectivity index (χ1) is 11.6. The first kappa shape index (κ1) is 17.0. The molecule has 1 amide bonds. The Morgan fingerprint density at radius 3 is 2.88 bits per heavy atom. The van der Waals surface area contributed by atoms with E-state index >= 15 is 0 Å². The number of nitrogens with one attached hydrogen (secondary N) is 1. The maximum atomic E-state index is 12.5. The maximum absolute atomic E-state index is 12.5. The molecule has 126 valence electrons. The third-order valence-corrected chi connectivity index (χ3v) is 5.31. The lowest BCUT2D eigenvalue weighted by molar-refractivity contribution is 0.102. The van der Waals surface area contributed by atoms with E-state index in [1.807, 2.05) is 30.0 Å². The zero-order valence-electron chi connectivity index (χ0n) is 13.6. The number of ether oxygens (including phenoxy) is 1. The number of amides is 1. The zero-order chi connectivity index (χ0) is 17.1. The van der Waals surface area contributed by atoms with E-state index in [9.17, 15) is 4.79 Å². The number of hydrogen-bond acceptors (Lipinski definition) is 4. The van der Waals surface area contributed by atoms with Gasteiger partial charge in [-0.3, -0.25) is 4.79 Å². The third kappa shape index (κ3) is 3.47. The van der Waals surface area contributed by atoms with Crippen molar-refractivity contribution in [2.24, 2.45) is 0 Å². The van der Waals surface area contributed by atoms with Crippen molar-refractivity contribution in [1.29, 1.82) is 0 Å². The predicted molar refractivity (Wildman–Crippen MR) is 101 cm³/mol. The number of fused-ring (bicyclic) bond motifs is 1. The topological polar surface area (TPSA) is 41.6 Å². The fourth-order valence-electron chi connectivity index (χ4n) is 2.69. The Morgan fingerprint density at radius 1 is 1.33 bits per heavy atom. The summed E-state index contributed by atoms with van der Waals surface area (Å²) in [6.07, 6.45) is 0. The van der Waals surface area contributed by atoms with Gasteiger partial charge in [0.2, 0.25) is 0 Å². The minimum Gasteiger partial charge on any atom is -0.495 e. The van der Waals surface area contributed by atoms with Crippen molar-refractivity contribution in [1.82, 2.24) is 0 Å². The van der Waals surface area contributed by atoms with Crippen molar-refractivity contribution in [3.05, 3.63) is 47.0 Å². The molecular formula is C18H19ClN2O2S. The van der Waals surface area contributed by atoms with Crippen molar-refractivity contribution >= 4 is 40.6 Å². The normalized spacial score (nSPS) is 13.4. The molecule has 2 aromatic rings. The minimum absolute atomic E-state index is 0.148. The molecule has 0 spiro atoms. The second-order valence-corrected chi connectivity index (χ2v) is 6.96. The van der Waals surface area contributed by atoms with Gasteiger partial charge in [-0.15, -0.1) is 11.8 Å². The van der Waals surface area contributed by atoms with Crippen LogP contribution in [0.15, 0.2) is 41.3 Å². The first-order valence-corrected chi connectivity index (χ1v) is 9.15. The molecule has 1 aliphatic heterocycles. The standard InChI is InChI=1S/C18H19ClN2O2S/c1-3-21-8-9-24-17-7-4-12(10-15(17)21)18(22)20-13-5-6-16(23-2)14(19)11-13/h4-7,10-11H,3,8-9H2,1-2H3,(H,20,22). The Kier molecular flexibility index (Phi) is 5.21. The monoisotopic (exact) mass is 362 g/mol. The van der Waals surface area contributed by atoms with Gasteiger partial charge in [0.1, 0.15) is 5.75 Å². The zero-order valence-corrected chi connectivity index (χ0v) is 15.2. The van der Waals surface area contributed by atoms with E-state index < -0.39 is 0 Å². The number of anilines is 2. The number of hydrogen-bond donors (Lipinski definition) is 1. The van der Waals surface area contributed by atoms with Crippen molar-refractivity contribution in [3.8, 4) is 5.75 Å². The molecule has 0 bridgehead atoms. The molecular weight excluding hydrogens is 344 g/mol. The van der Waals surface area contributed by atoms with Gasteiger partial charge in [0, 0.05) is 35.0 Å². The van der Waals surface area contributed by atoms with Crippen molar-refractivity contribution in [3.63, 3.8) is 0 Å². The number of carbonyl (C=O) groups excluding carboxylic acids is 1. The van der Waals surface area contributed by atoms with Crippen LogP contribution in [0.1, 0.15) is 17.3 Å². The number of nitrogens with zero attached hydrogens (tertiary/aromatic N) is 1. The fourth-order valence-corrected chi connectivity index (χ4v) is 3.98. The Labute approximate surface area is 151 Å². The van der Waals surface area contributed by atoms with E-state index in [4.69, 9.17) is 16.3 Å². The SMILES string of the molecule is CCN1CCSc2ccc(C(=O)Nc3ccc(OC)c(Cl)c3)cc21. The van der Waals surface area contributed by atoms with Crippen molar-refractivity contribution < 1.29 is 9.53 Å². The average molecular weight is 363 g/mol. The van der Waals surface area contributed by atoms with Gasteiger partial charge in [-0.05, 0) is 43.3 Å². The molecule has 0 aliphatic carbocycles. The molecule has 1 heterocycles. The molecule has 0 saturated carbocycles. The second-order valence-electron chi connectivity index (χ2n) is 5.41. The number of carbonyl (C=O) groups is 1. The lowest BCUT2D eigenvalue weighted by Crippen LogP contribution is -2.29. The number of methoxy groups -OCH3 is 1. The van der Waals surface area contributed by atoms with E-state index in [1.165, 1.54) is 4.90 Å². The second kappa shape index (κ2) is 7.36. The first-order valence-electron chi connectivity index (χ1n) is 7.79. The fraction of sp³-hybridized carbons (Fsp3) is 0.278. The summed E-state index contributed by atoms with van der Waals surface area (Å²) in [6.45, 7) is 4.08. The molecule has 0 unspecified atom stereocenters. The quantitative estimate of drug-likeness (QED) is 0.867. The molecule has 24 heavy (non-hydrogen) atoms. The van der Waals surface area contributed by atoms with Crippen LogP contribution in [0.5, 0.6) is 5.75 Å². The molecule has 3 rings (SSSR count). The summed E-state index contributed by atoms with van der Waals surface area (Å²) in [5.41, 5.74) is 2.42. The molecule has 6 heteroatoms. The van der Waals surface area contributed by atoms with Gasteiger partial charge in [0.05, 0.1) is 17.8 Å². The van der Waals surface area contributed by atoms with Gasteiger partial charge < -0.3 is 15.0 Å². The van der Waals surface area contributed by atoms with E-state index in [-0.39, 0.29) is 5.91 Å². The summed E-state index contributed by atoms with van der Waals surface area (Å²) in [5, 5.41) is 3.35. The molecule has 0 radical (unpaired) electrons. The van der Waals surface area contributed by atoms with Crippen LogP contribution >= 0.6 is 23.4 Å². The van der Waals surface area contributed by atoms with Crippen LogP contribution in [0, 0.1) is 0 Å². The van der Waals surface area contributed by atoms with Crippen molar-refractivity contribution in [2.45, 2.75) is 11.8 Å². The number of rotatable bonds is 4. The van der Waals surface area contributed by atoms with Gasteiger partial charge in [0.25, 0.3) is 5.91 Å². The van der Waals surface area contributed by atoms with Gasteiger partial charge in [0.15, 0.2) is 0 Å². The number of thioether (sulfide) groups is 1. The molecule has 0 fully saturated rings. The Bertz CT molecular complexity index is 767. The van der Waals surface area contributed by atoms with E-state index in [2.05, 4.69) is 17.1 Å². The third-order valence-electron chi connectivity index (χ3n) is 3.97. The van der Waals surface area contributed by atoms with Crippen LogP contribution < -0.4 is 15.0 Å². The van der Waals surface area contributed by atoms with Crippen LogP contribution in [0.25, 0.3) is 0 Å². The van der Waals surface area contributed by atoms with E-state index in [0.29, 0.717) is 22.0 Å². The lowest BCUT2D eigenvalue weighted by atomic mass is 10.1. The Balaban J connectivity index is 1.81. The van der Waals surface area contributed by atoms with Gasteiger partial charge in [-0.1, -0.05) is 11.6 Å². The molecule has 2 aromatic carbocycles. The van der Waals surface area contributed by atoms with Crippen LogP contribution in [0.2, 0.25) is 5.02 Å². The van der Waals surface area contributed by atoms with E-state index in [1.54, 1.807) is 25.3 Å². The average Bonchev–Trinajstić information content (AvgIpc) is 2.60. The van der Waals surface area contributed by atoms with Crippen LogP contribution in [0.4, 0.5) is 11.4 Å². The van der Waals surface area contributed by atoms with Crippen LogP contribution in [0.3, 0.4) is 0 Å². The Hall–Kier alpha value is -1.85. The summed E-state index contributed by atoms with van der Waals surface area (Å²) < 4.78 is 5.12. The highest BCUT2D eigenvalue weighted by Crippen LogP contribution is 2.35. The molecule has 4 nitrogen and oxygen atoms in total. The Morgan fingerprint density at radius 2 is 2.17 bits per heavy atom. The predicted octanol–water partition coefficient (Wildman–Crippen LogP) is 4.53. The number of benzene rings is 2. The van der Waals surface area contributed by atoms with Crippen LogP contribution in [-0.2, 0) is 0 Å². The van der Waals surface area contributed by atoms with Crippen LogP contribution in [-0.4, -0.2) is 31.9 Å². The minimum atomic E-state index is -0.148. The summed E-state index contributed by atoms with van der Waals surface area (Å²) in [4.78, 5) is 16.1. The van der Waals surface area contributed by atoms with Gasteiger partial charge in [-0.25, -0.2) is 0 Å². The highest BCUT2D eigenvalue weighted by Gasteiger charge is 2.18. The summed E-state index contributed by atoms with van der Waals surface area (Å²) >= 11 is 7.94. The highest BCUT2D eigenvalue weighted by molar-refractivity contribution is 7.99. The van der Waals surface area contributed by atoms with E-state index in [0.717, 1.165) is 24.5 Å². The lowest BCUT2D eigenvalue weighted by Gasteiger charge is -2.30. The molecule has 1 aliphatic rings. The molecule has 1 N–H and O–H groups in total. The molecule has 0 aromatic heterocycles. The summed E-state index contributed by atoms with van der Waals surface area (Å²) in [7, 11) is 1.56.